The summed E-state index contributed by atoms with van der Waals surface area (Å²) in [5.41, 5.74) is 0.944. The number of amides is 1. The molecule has 0 bridgehead atoms. The second-order valence-electron chi connectivity index (χ2n) is 5.75. The van der Waals surface area contributed by atoms with Crippen LogP contribution in [0.15, 0.2) is 30.3 Å². The van der Waals surface area contributed by atoms with E-state index in [9.17, 15) is 9.59 Å². The molecule has 0 spiro atoms. The molecular formula is C17H23NO3. The number of rotatable bonds is 5. The van der Waals surface area contributed by atoms with Crippen molar-refractivity contribution in [3.8, 4) is 0 Å². The van der Waals surface area contributed by atoms with E-state index < -0.39 is 6.09 Å². The van der Waals surface area contributed by atoms with Crippen LogP contribution in [0.3, 0.4) is 0 Å². The number of carbonyl (C=O) groups is 2. The molecular weight excluding hydrogens is 266 g/mol. The van der Waals surface area contributed by atoms with E-state index >= 15 is 0 Å². The molecule has 1 amide bonds. The molecule has 1 atom stereocenters. The predicted octanol–water partition coefficient (Wildman–Crippen LogP) is 3.40. The summed E-state index contributed by atoms with van der Waals surface area (Å²) in [7, 11) is 1.66. The Morgan fingerprint density at radius 2 is 1.86 bits per heavy atom. The molecule has 0 aromatic heterocycles. The largest absolute Gasteiger partial charge is 0.445 e. The Labute approximate surface area is 126 Å². The highest BCUT2D eigenvalue weighted by atomic mass is 16.6. The highest BCUT2D eigenvalue weighted by Crippen LogP contribution is 2.30. The van der Waals surface area contributed by atoms with Gasteiger partial charge in [0.25, 0.3) is 0 Å². The highest BCUT2D eigenvalue weighted by molar-refractivity contribution is 5.85. The van der Waals surface area contributed by atoms with Crippen molar-refractivity contribution in [1.29, 1.82) is 0 Å². The summed E-state index contributed by atoms with van der Waals surface area (Å²) in [6.45, 7) is 1.79. The molecule has 21 heavy (non-hydrogen) atoms. The Morgan fingerprint density at radius 1 is 1.24 bits per heavy atom. The lowest BCUT2D eigenvalue weighted by Crippen LogP contribution is -2.45. The predicted molar refractivity (Wildman–Crippen MR) is 80.8 cm³/mol. The van der Waals surface area contributed by atoms with E-state index in [4.69, 9.17) is 4.74 Å². The van der Waals surface area contributed by atoms with Crippen LogP contribution in [0.1, 0.15) is 38.2 Å². The molecule has 1 saturated carbocycles. The van der Waals surface area contributed by atoms with Gasteiger partial charge in [-0.25, -0.2) is 4.79 Å². The third-order valence-electron chi connectivity index (χ3n) is 4.17. The third kappa shape index (κ3) is 4.06. The van der Waals surface area contributed by atoms with Crippen molar-refractivity contribution < 1.29 is 14.3 Å². The molecule has 1 fully saturated rings. The first-order valence-corrected chi connectivity index (χ1v) is 7.53. The van der Waals surface area contributed by atoms with Crippen molar-refractivity contribution in [2.45, 2.75) is 45.3 Å². The number of nitrogens with zero attached hydrogens (tertiary/aromatic N) is 1. The number of likely N-dealkylation sites (N-methyl/N-ethyl adjacent to an activating group) is 1. The molecule has 4 heteroatoms. The number of Topliss-reactive ketones (excluding diaryl/α,β-unsaturated/α-hetero) is 1. The van der Waals surface area contributed by atoms with Crippen LogP contribution in [0.2, 0.25) is 0 Å². The molecule has 0 saturated heterocycles. The Kier molecular flexibility index (Phi) is 5.37. The van der Waals surface area contributed by atoms with E-state index in [1.54, 1.807) is 14.0 Å². The van der Waals surface area contributed by atoms with Gasteiger partial charge in [-0.15, -0.1) is 0 Å². The SMILES string of the molecule is CC(=O)[C@H](C1CCCC1)N(C)C(=O)OCc1ccccc1. The monoisotopic (exact) mass is 289 g/mol. The number of ether oxygens (including phenoxy) is 1. The van der Waals surface area contributed by atoms with E-state index in [1.165, 1.54) is 4.90 Å². The summed E-state index contributed by atoms with van der Waals surface area (Å²) >= 11 is 0. The zero-order valence-electron chi connectivity index (χ0n) is 12.7. The summed E-state index contributed by atoms with van der Waals surface area (Å²) in [6.07, 6.45) is 3.88. The molecule has 0 radical (unpaired) electrons. The highest BCUT2D eigenvalue weighted by Gasteiger charge is 2.34. The average molecular weight is 289 g/mol. The Morgan fingerprint density at radius 3 is 2.43 bits per heavy atom. The zero-order valence-corrected chi connectivity index (χ0v) is 12.7. The molecule has 0 aliphatic heterocycles. The van der Waals surface area contributed by atoms with Crippen molar-refractivity contribution in [2.24, 2.45) is 5.92 Å². The van der Waals surface area contributed by atoms with Crippen LogP contribution in [0.4, 0.5) is 4.79 Å². The molecule has 1 aromatic carbocycles. The summed E-state index contributed by atoms with van der Waals surface area (Å²) in [5.74, 6) is 0.317. The fourth-order valence-electron chi connectivity index (χ4n) is 3.13. The van der Waals surface area contributed by atoms with E-state index in [0.717, 1.165) is 31.2 Å². The van der Waals surface area contributed by atoms with Crippen LogP contribution >= 0.6 is 0 Å². The summed E-state index contributed by atoms with van der Waals surface area (Å²) in [5, 5.41) is 0. The van der Waals surface area contributed by atoms with Gasteiger partial charge in [0.05, 0.1) is 6.04 Å². The number of carbonyl (C=O) groups excluding carboxylic acids is 2. The van der Waals surface area contributed by atoms with Gasteiger partial charge in [0.2, 0.25) is 0 Å². The zero-order chi connectivity index (χ0) is 15.2. The first kappa shape index (κ1) is 15.5. The van der Waals surface area contributed by atoms with Gasteiger partial charge in [-0.3, -0.25) is 4.79 Å². The lowest BCUT2D eigenvalue weighted by molar-refractivity contribution is -0.123. The van der Waals surface area contributed by atoms with Crippen LogP contribution in [0.5, 0.6) is 0 Å². The van der Waals surface area contributed by atoms with E-state index in [0.29, 0.717) is 0 Å². The second kappa shape index (κ2) is 7.25. The first-order chi connectivity index (χ1) is 10.1. The van der Waals surface area contributed by atoms with Gasteiger partial charge in [-0.05, 0) is 31.2 Å². The van der Waals surface area contributed by atoms with Gasteiger partial charge >= 0.3 is 6.09 Å². The minimum absolute atomic E-state index is 0.0426. The van der Waals surface area contributed by atoms with Gasteiger partial charge in [0, 0.05) is 7.05 Å². The van der Waals surface area contributed by atoms with Crippen molar-refractivity contribution in [3.63, 3.8) is 0 Å². The van der Waals surface area contributed by atoms with Crippen molar-refractivity contribution in [2.75, 3.05) is 7.05 Å². The smallest absolute Gasteiger partial charge is 0.410 e. The molecule has 2 rings (SSSR count). The maximum Gasteiger partial charge on any atom is 0.410 e. The quantitative estimate of drug-likeness (QED) is 0.834. The molecule has 4 nitrogen and oxygen atoms in total. The van der Waals surface area contributed by atoms with E-state index in [1.807, 2.05) is 30.3 Å². The van der Waals surface area contributed by atoms with Crippen LogP contribution in [-0.4, -0.2) is 29.9 Å². The molecule has 0 N–H and O–H groups in total. The number of benzene rings is 1. The maximum atomic E-state index is 12.2. The van der Waals surface area contributed by atoms with Gasteiger partial charge in [0.15, 0.2) is 5.78 Å². The Hall–Kier alpha value is -1.84. The molecule has 1 aliphatic rings. The van der Waals surface area contributed by atoms with Crippen molar-refractivity contribution >= 4 is 11.9 Å². The van der Waals surface area contributed by atoms with E-state index in [2.05, 4.69) is 0 Å². The van der Waals surface area contributed by atoms with Gasteiger partial charge in [0.1, 0.15) is 6.61 Å². The van der Waals surface area contributed by atoms with E-state index in [-0.39, 0.29) is 24.3 Å². The lowest BCUT2D eigenvalue weighted by atomic mass is 9.94. The molecule has 1 aliphatic carbocycles. The topological polar surface area (TPSA) is 46.6 Å². The molecule has 0 heterocycles. The third-order valence-corrected chi connectivity index (χ3v) is 4.17. The lowest BCUT2D eigenvalue weighted by Gasteiger charge is -2.30. The molecule has 114 valence electrons. The number of hydrogen-bond donors (Lipinski definition) is 0. The fraction of sp³-hybridized carbons (Fsp3) is 0.529. The summed E-state index contributed by atoms with van der Waals surface area (Å²) in [6, 6.07) is 9.20. The maximum absolute atomic E-state index is 12.2. The van der Waals surface area contributed by atoms with Crippen molar-refractivity contribution in [1.82, 2.24) is 4.90 Å². The number of ketones is 1. The minimum atomic E-state index is -0.425. The van der Waals surface area contributed by atoms with Crippen LogP contribution in [0, 0.1) is 5.92 Å². The Bertz CT molecular complexity index is 480. The summed E-state index contributed by atoms with van der Waals surface area (Å²) < 4.78 is 5.32. The first-order valence-electron chi connectivity index (χ1n) is 7.53. The Balaban J connectivity index is 1.94. The number of hydrogen-bond acceptors (Lipinski definition) is 3. The van der Waals surface area contributed by atoms with Crippen LogP contribution < -0.4 is 0 Å². The van der Waals surface area contributed by atoms with Gasteiger partial charge < -0.3 is 9.64 Å². The molecule has 1 aromatic rings. The summed E-state index contributed by atoms with van der Waals surface area (Å²) in [4.78, 5) is 25.5. The average Bonchev–Trinajstić information content (AvgIpc) is 2.99. The van der Waals surface area contributed by atoms with Gasteiger partial charge in [-0.1, -0.05) is 43.2 Å². The minimum Gasteiger partial charge on any atom is -0.445 e. The van der Waals surface area contributed by atoms with Gasteiger partial charge in [-0.2, -0.15) is 0 Å². The molecule has 0 unspecified atom stereocenters. The second-order valence-corrected chi connectivity index (χ2v) is 5.75. The van der Waals surface area contributed by atoms with Crippen LogP contribution in [0.25, 0.3) is 0 Å². The normalized spacial score (nSPS) is 16.5. The van der Waals surface area contributed by atoms with Crippen LogP contribution in [-0.2, 0) is 16.1 Å². The van der Waals surface area contributed by atoms with Crippen molar-refractivity contribution in [3.05, 3.63) is 35.9 Å². The fourth-order valence-corrected chi connectivity index (χ4v) is 3.13. The standard InChI is InChI=1S/C17H23NO3/c1-13(19)16(15-10-6-7-11-15)18(2)17(20)21-12-14-8-4-3-5-9-14/h3-5,8-9,15-16H,6-7,10-12H2,1-2H3/t16-/m1/s1.